The van der Waals surface area contributed by atoms with Gasteiger partial charge < -0.3 is 9.15 Å². The Morgan fingerprint density at radius 3 is 2.48 bits per heavy atom. The summed E-state index contributed by atoms with van der Waals surface area (Å²) in [6, 6.07) is 5.99. The van der Waals surface area contributed by atoms with Crippen molar-refractivity contribution in [3.8, 4) is 5.75 Å². The first-order valence-electron chi connectivity index (χ1n) is 8.03. The highest BCUT2D eigenvalue weighted by Crippen LogP contribution is 2.38. The van der Waals surface area contributed by atoms with E-state index < -0.39 is 33.8 Å². The van der Waals surface area contributed by atoms with Crippen molar-refractivity contribution in [2.24, 2.45) is 0 Å². The largest absolute Gasteiger partial charge is 0.479 e. The molecule has 0 saturated carbocycles. The summed E-state index contributed by atoms with van der Waals surface area (Å²) in [7, 11) is -3.54. The second-order valence-corrected chi connectivity index (χ2v) is 8.26. The number of alkyl halides is 3. The summed E-state index contributed by atoms with van der Waals surface area (Å²) in [6.45, 7) is 2.70. The molecular formula is C17H16F3NO5S. The molecule has 1 unspecified atom stereocenters. The Bertz CT molecular complexity index is 981. The number of fused-ring (bicyclic) bond motifs is 1. The van der Waals surface area contributed by atoms with Gasteiger partial charge in [0.15, 0.2) is 15.9 Å². The van der Waals surface area contributed by atoms with Crippen LogP contribution in [0.2, 0.25) is 0 Å². The quantitative estimate of drug-likeness (QED) is 0.782. The maximum Gasteiger partial charge on any atom is 0.449 e. The number of rotatable bonds is 4. The summed E-state index contributed by atoms with van der Waals surface area (Å²) < 4.78 is 72.7. The Balaban J connectivity index is 2.01. The van der Waals surface area contributed by atoms with Crippen molar-refractivity contribution >= 4 is 21.4 Å². The molecule has 0 aliphatic carbocycles. The van der Waals surface area contributed by atoms with Gasteiger partial charge in [-0.25, -0.2) is 8.42 Å². The molecule has 10 heteroatoms. The minimum Gasteiger partial charge on any atom is -0.479 e. The molecule has 3 rings (SSSR count). The van der Waals surface area contributed by atoms with Crippen molar-refractivity contribution in [3.05, 3.63) is 41.9 Å². The molecule has 27 heavy (non-hydrogen) atoms. The van der Waals surface area contributed by atoms with Gasteiger partial charge in [-0.1, -0.05) is 6.92 Å². The lowest BCUT2D eigenvalue weighted by Crippen LogP contribution is -2.44. The van der Waals surface area contributed by atoms with E-state index in [0.29, 0.717) is 0 Å². The molecule has 1 aliphatic rings. The van der Waals surface area contributed by atoms with E-state index in [1.54, 1.807) is 0 Å². The lowest BCUT2D eigenvalue weighted by molar-refractivity contribution is -0.153. The number of hydrogen-bond acceptors (Lipinski definition) is 5. The maximum atomic E-state index is 12.7. The summed E-state index contributed by atoms with van der Waals surface area (Å²) >= 11 is 0. The Labute approximate surface area is 153 Å². The van der Waals surface area contributed by atoms with Crippen LogP contribution < -0.4 is 9.64 Å². The van der Waals surface area contributed by atoms with Crippen LogP contribution in [-0.4, -0.2) is 26.2 Å². The summed E-state index contributed by atoms with van der Waals surface area (Å²) in [5.74, 6) is -1.64. The molecule has 0 bridgehead atoms. The highest BCUT2D eigenvalue weighted by molar-refractivity contribution is 7.91. The summed E-state index contributed by atoms with van der Waals surface area (Å²) in [6.07, 6.45) is -5.51. The van der Waals surface area contributed by atoms with Gasteiger partial charge in [-0.3, -0.25) is 9.69 Å². The number of halogens is 3. The number of hydrogen-bond donors (Lipinski definition) is 0. The van der Waals surface area contributed by atoms with Crippen LogP contribution >= 0.6 is 0 Å². The molecule has 6 nitrogen and oxygen atoms in total. The number of furan rings is 1. The van der Waals surface area contributed by atoms with Gasteiger partial charge >= 0.3 is 6.18 Å². The molecular weight excluding hydrogens is 387 g/mol. The zero-order chi connectivity index (χ0) is 20.0. The highest BCUT2D eigenvalue weighted by atomic mass is 32.2. The van der Waals surface area contributed by atoms with Gasteiger partial charge in [0.1, 0.15) is 11.5 Å². The van der Waals surface area contributed by atoms with Gasteiger partial charge in [0, 0.05) is 0 Å². The van der Waals surface area contributed by atoms with E-state index in [4.69, 9.17) is 9.15 Å². The zero-order valence-corrected chi connectivity index (χ0v) is 15.2. The average molecular weight is 403 g/mol. The summed E-state index contributed by atoms with van der Waals surface area (Å²) in [5.41, 5.74) is 0.164. The van der Waals surface area contributed by atoms with Crippen LogP contribution in [0, 0.1) is 0 Å². The third-order valence-electron chi connectivity index (χ3n) is 4.13. The van der Waals surface area contributed by atoms with Crippen LogP contribution in [-0.2, 0) is 27.4 Å². The predicted octanol–water partition coefficient (Wildman–Crippen LogP) is 3.41. The van der Waals surface area contributed by atoms with E-state index in [1.165, 1.54) is 32.0 Å². The lowest BCUT2D eigenvalue weighted by atomic mass is 10.2. The first-order chi connectivity index (χ1) is 12.5. The summed E-state index contributed by atoms with van der Waals surface area (Å²) in [4.78, 5) is 13.7. The minimum atomic E-state index is -4.64. The van der Waals surface area contributed by atoms with Crippen molar-refractivity contribution in [2.45, 2.75) is 37.6 Å². The molecule has 1 aliphatic heterocycles. The second-order valence-electron chi connectivity index (χ2n) is 5.98. The number of amides is 1. The van der Waals surface area contributed by atoms with Gasteiger partial charge in [0.05, 0.1) is 22.9 Å². The zero-order valence-electron chi connectivity index (χ0n) is 14.4. The smallest absolute Gasteiger partial charge is 0.449 e. The topological polar surface area (TPSA) is 76.8 Å². The van der Waals surface area contributed by atoms with Crippen LogP contribution in [0.4, 0.5) is 18.9 Å². The van der Waals surface area contributed by atoms with Gasteiger partial charge in [0.2, 0.25) is 5.76 Å². The number of sulfone groups is 1. The fourth-order valence-corrected chi connectivity index (χ4v) is 3.58. The molecule has 2 aromatic rings. The SMILES string of the molecule is CCS(=O)(=O)c1ccc2c(c1)N(Cc1ccc(C(F)(F)F)o1)C(=O)C(C)O2. The molecule has 0 saturated heterocycles. The molecule has 0 fully saturated rings. The standard InChI is InChI=1S/C17H16F3NO5S/c1-3-27(23,24)12-5-6-14-13(8-12)21(16(22)10(2)25-14)9-11-4-7-15(26-11)17(18,19)20/h4-8,10H,3,9H2,1-2H3. The molecule has 2 heterocycles. The van der Waals surface area contributed by atoms with E-state index in [9.17, 15) is 26.4 Å². The van der Waals surface area contributed by atoms with Gasteiger partial charge in [-0.15, -0.1) is 0 Å². The van der Waals surface area contributed by atoms with E-state index >= 15 is 0 Å². The number of nitrogens with zero attached hydrogens (tertiary/aromatic N) is 1. The minimum absolute atomic E-state index is 0.00451. The van der Waals surface area contributed by atoms with Crippen molar-refractivity contribution in [3.63, 3.8) is 0 Å². The molecule has 1 aromatic carbocycles. The Morgan fingerprint density at radius 2 is 1.89 bits per heavy atom. The molecule has 1 aromatic heterocycles. The average Bonchev–Trinajstić information content (AvgIpc) is 3.07. The van der Waals surface area contributed by atoms with Crippen LogP contribution in [0.3, 0.4) is 0 Å². The van der Waals surface area contributed by atoms with Crippen molar-refractivity contribution in [1.82, 2.24) is 0 Å². The Morgan fingerprint density at radius 1 is 1.19 bits per heavy atom. The maximum absolute atomic E-state index is 12.7. The molecule has 1 atom stereocenters. The van der Waals surface area contributed by atoms with Gasteiger partial charge in [-0.2, -0.15) is 13.2 Å². The molecule has 0 radical (unpaired) electrons. The van der Waals surface area contributed by atoms with E-state index in [0.717, 1.165) is 17.0 Å². The molecule has 0 spiro atoms. The third kappa shape index (κ3) is 3.66. The van der Waals surface area contributed by atoms with Crippen LogP contribution in [0.5, 0.6) is 5.75 Å². The Hall–Kier alpha value is -2.49. The first-order valence-corrected chi connectivity index (χ1v) is 9.69. The number of benzene rings is 1. The van der Waals surface area contributed by atoms with Crippen LogP contribution in [0.1, 0.15) is 25.4 Å². The number of anilines is 1. The fraction of sp³-hybridized carbons (Fsp3) is 0.353. The predicted molar refractivity (Wildman–Crippen MR) is 89.2 cm³/mol. The van der Waals surface area contributed by atoms with E-state index in [-0.39, 0.29) is 34.4 Å². The van der Waals surface area contributed by atoms with Crippen molar-refractivity contribution in [1.29, 1.82) is 0 Å². The van der Waals surface area contributed by atoms with E-state index in [2.05, 4.69) is 0 Å². The van der Waals surface area contributed by atoms with Crippen LogP contribution in [0.15, 0.2) is 39.6 Å². The second kappa shape index (κ2) is 6.59. The number of carbonyl (C=O) groups excluding carboxylic acids is 1. The Kier molecular flexibility index (Phi) is 4.71. The number of carbonyl (C=O) groups is 1. The van der Waals surface area contributed by atoms with E-state index in [1.807, 2.05) is 0 Å². The first kappa shape index (κ1) is 19.3. The van der Waals surface area contributed by atoms with Crippen molar-refractivity contribution in [2.75, 3.05) is 10.7 Å². The molecule has 0 N–H and O–H groups in total. The number of ether oxygens (including phenoxy) is 1. The molecule has 1 amide bonds. The van der Waals surface area contributed by atoms with Crippen LogP contribution in [0.25, 0.3) is 0 Å². The van der Waals surface area contributed by atoms with Gasteiger partial charge in [-0.05, 0) is 37.3 Å². The fourth-order valence-electron chi connectivity index (χ4n) is 2.68. The lowest BCUT2D eigenvalue weighted by Gasteiger charge is -2.32. The summed E-state index contributed by atoms with van der Waals surface area (Å²) in [5, 5.41) is 0. The third-order valence-corrected chi connectivity index (χ3v) is 5.87. The normalized spacial score (nSPS) is 17.6. The molecule has 146 valence electrons. The highest BCUT2D eigenvalue weighted by Gasteiger charge is 2.36. The monoisotopic (exact) mass is 403 g/mol. The van der Waals surface area contributed by atoms with Crippen molar-refractivity contribution < 1.29 is 35.5 Å². The van der Waals surface area contributed by atoms with Gasteiger partial charge in [0.25, 0.3) is 5.91 Å².